The fraction of sp³-hybridized carbons (Fsp3) is 0.176. The monoisotopic (exact) mass is 280 g/mol. The van der Waals surface area contributed by atoms with E-state index in [-0.39, 0.29) is 5.75 Å². The molecule has 0 fully saturated rings. The third kappa shape index (κ3) is 2.79. The molecule has 106 valence electrons. The molecule has 4 nitrogen and oxygen atoms in total. The molecule has 4 heteroatoms. The molecule has 3 rings (SSSR count). The summed E-state index contributed by atoms with van der Waals surface area (Å²) < 4.78 is 5.24. The van der Waals surface area contributed by atoms with Crippen molar-refractivity contribution in [2.45, 2.75) is 20.3 Å². The molecule has 1 N–H and O–H groups in total. The van der Waals surface area contributed by atoms with Gasteiger partial charge < -0.3 is 9.63 Å². The molecule has 3 aromatic rings. The quantitative estimate of drug-likeness (QED) is 0.795. The van der Waals surface area contributed by atoms with Crippen LogP contribution in [0.2, 0.25) is 0 Å². The molecule has 0 unspecified atom stereocenters. The third-order valence-corrected chi connectivity index (χ3v) is 3.54. The van der Waals surface area contributed by atoms with Gasteiger partial charge in [0.15, 0.2) is 5.82 Å². The SMILES string of the molecule is Cc1ccc(Cc2noc(-c3ccccc3O)n2)cc1C. The highest BCUT2D eigenvalue weighted by atomic mass is 16.5. The van der Waals surface area contributed by atoms with Gasteiger partial charge >= 0.3 is 0 Å². The zero-order valence-corrected chi connectivity index (χ0v) is 12.0. The standard InChI is InChI=1S/C17H16N2O2/c1-11-7-8-13(9-12(11)2)10-16-18-17(21-19-16)14-5-3-4-6-15(14)20/h3-9,20H,10H2,1-2H3. The smallest absolute Gasteiger partial charge is 0.261 e. The summed E-state index contributed by atoms with van der Waals surface area (Å²) in [6, 6.07) is 13.2. The summed E-state index contributed by atoms with van der Waals surface area (Å²) in [4.78, 5) is 4.35. The second kappa shape index (κ2) is 5.40. The fourth-order valence-electron chi connectivity index (χ4n) is 2.19. The predicted molar refractivity (Wildman–Crippen MR) is 80.1 cm³/mol. The lowest BCUT2D eigenvalue weighted by Gasteiger charge is -2.02. The molecule has 2 aromatic carbocycles. The van der Waals surface area contributed by atoms with Gasteiger partial charge in [-0.1, -0.05) is 35.5 Å². The summed E-state index contributed by atoms with van der Waals surface area (Å²) in [5, 5.41) is 13.8. The normalized spacial score (nSPS) is 10.8. The van der Waals surface area contributed by atoms with E-state index in [0.717, 1.165) is 5.56 Å². The lowest BCUT2D eigenvalue weighted by atomic mass is 10.0. The van der Waals surface area contributed by atoms with E-state index in [1.165, 1.54) is 11.1 Å². The van der Waals surface area contributed by atoms with Crippen LogP contribution in [0.15, 0.2) is 47.0 Å². The first-order valence-corrected chi connectivity index (χ1v) is 6.80. The largest absolute Gasteiger partial charge is 0.507 e. The Labute approximate surface area is 123 Å². The van der Waals surface area contributed by atoms with Crippen molar-refractivity contribution in [3.8, 4) is 17.2 Å². The average Bonchev–Trinajstić information content (AvgIpc) is 2.92. The Kier molecular flexibility index (Phi) is 3.44. The first-order chi connectivity index (χ1) is 10.1. The summed E-state index contributed by atoms with van der Waals surface area (Å²) >= 11 is 0. The minimum atomic E-state index is 0.138. The second-order valence-corrected chi connectivity index (χ2v) is 5.13. The molecular weight excluding hydrogens is 264 g/mol. The Bertz CT molecular complexity index is 778. The fourth-order valence-corrected chi connectivity index (χ4v) is 2.19. The van der Waals surface area contributed by atoms with E-state index in [9.17, 15) is 5.11 Å². The summed E-state index contributed by atoms with van der Waals surface area (Å²) in [6.45, 7) is 4.17. The molecule has 1 aromatic heterocycles. The topological polar surface area (TPSA) is 59.2 Å². The highest BCUT2D eigenvalue weighted by Crippen LogP contribution is 2.27. The van der Waals surface area contributed by atoms with Crippen LogP contribution in [0.3, 0.4) is 0 Å². The van der Waals surface area contributed by atoms with Crippen molar-refractivity contribution in [3.63, 3.8) is 0 Å². The van der Waals surface area contributed by atoms with Crippen molar-refractivity contribution in [1.82, 2.24) is 10.1 Å². The summed E-state index contributed by atoms with van der Waals surface area (Å²) in [5.74, 6) is 1.09. The Morgan fingerprint density at radius 2 is 1.86 bits per heavy atom. The molecule has 0 aliphatic rings. The Morgan fingerprint density at radius 3 is 2.62 bits per heavy atom. The lowest BCUT2D eigenvalue weighted by molar-refractivity contribution is 0.418. The van der Waals surface area contributed by atoms with Crippen LogP contribution in [0.25, 0.3) is 11.5 Å². The van der Waals surface area contributed by atoms with Gasteiger partial charge in [0.2, 0.25) is 0 Å². The van der Waals surface area contributed by atoms with Gasteiger partial charge in [0.25, 0.3) is 5.89 Å². The number of phenolic OH excluding ortho intramolecular Hbond substituents is 1. The van der Waals surface area contributed by atoms with Gasteiger partial charge in [-0.15, -0.1) is 0 Å². The van der Waals surface area contributed by atoms with Gasteiger partial charge in [0.1, 0.15) is 5.75 Å². The number of aromatic hydroxyl groups is 1. The zero-order chi connectivity index (χ0) is 14.8. The van der Waals surface area contributed by atoms with E-state index in [4.69, 9.17) is 4.52 Å². The summed E-state index contributed by atoms with van der Waals surface area (Å²) in [5.41, 5.74) is 4.21. The second-order valence-electron chi connectivity index (χ2n) is 5.13. The van der Waals surface area contributed by atoms with Crippen molar-refractivity contribution in [3.05, 3.63) is 65.0 Å². The number of benzene rings is 2. The number of aromatic nitrogens is 2. The molecule has 0 atom stereocenters. The number of nitrogens with zero attached hydrogens (tertiary/aromatic N) is 2. The molecule has 1 heterocycles. The molecule has 0 aliphatic carbocycles. The van der Waals surface area contributed by atoms with E-state index >= 15 is 0 Å². The Balaban J connectivity index is 1.85. The van der Waals surface area contributed by atoms with Crippen LogP contribution in [0.4, 0.5) is 0 Å². The Hall–Kier alpha value is -2.62. The molecule has 0 amide bonds. The average molecular weight is 280 g/mol. The maximum atomic E-state index is 9.80. The van der Waals surface area contributed by atoms with E-state index in [2.05, 4.69) is 42.2 Å². The minimum Gasteiger partial charge on any atom is -0.507 e. The van der Waals surface area contributed by atoms with Crippen LogP contribution < -0.4 is 0 Å². The Morgan fingerprint density at radius 1 is 1.05 bits per heavy atom. The van der Waals surface area contributed by atoms with Crippen molar-refractivity contribution < 1.29 is 9.63 Å². The number of phenols is 1. The van der Waals surface area contributed by atoms with E-state index in [1.807, 2.05) is 6.07 Å². The van der Waals surface area contributed by atoms with Crippen LogP contribution in [-0.4, -0.2) is 15.2 Å². The molecule has 0 bridgehead atoms. The van der Waals surface area contributed by atoms with Crippen molar-refractivity contribution >= 4 is 0 Å². The maximum Gasteiger partial charge on any atom is 0.261 e. The van der Waals surface area contributed by atoms with E-state index in [0.29, 0.717) is 23.7 Å². The highest BCUT2D eigenvalue weighted by molar-refractivity contribution is 5.61. The van der Waals surface area contributed by atoms with Gasteiger partial charge in [0, 0.05) is 6.42 Å². The molecule has 0 saturated heterocycles. The number of hydrogen-bond donors (Lipinski definition) is 1. The molecular formula is C17H16N2O2. The van der Waals surface area contributed by atoms with Gasteiger partial charge in [-0.2, -0.15) is 4.98 Å². The molecule has 21 heavy (non-hydrogen) atoms. The van der Waals surface area contributed by atoms with Crippen molar-refractivity contribution in [2.24, 2.45) is 0 Å². The van der Waals surface area contributed by atoms with Crippen molar-refractivity contribution in [1.29, 1.82) is 0 Å². The molecule has 0 saturated carbocycles. The number of para-hydroxylation sites is 1. The first kappa shape index (κ1) is 13.4. The molecule has 0 spiro atoms. The lowest BCUT2D eigenvalue weighted by Crippen LogP contribution is -1.92. The predicted octanol–water partition coefficient (Wildman–Crippen LogP) is 3.65. The van der Waals surface area contributed by atoms with Crippen molar-refractivity contribution in [2.75, 3.05) is 0 Å². The highest BCUT2D eigenvalue weighted by Gasteiger charge is 2.12. The van der Waals surface area contributed by atoms with Crippen LogP contribution in [-0.2, 0) is 6.42 Å². The number of hydrogen-bond acceptors (Lipinski definition) is 4. The molecule has 0 aliphatic heterocycles. The zero-order valence-electron chi connectivity index (χ0n) is 12.0. The molecule has 0 radical (unpaired) electrons. The minimum absolute atomic E-state index is 0.138. The van der Waals surface area contributed by atoms with Gasteiger partial charge in [-0.3, -0.25) is 0 Å². The van der Waals surface area contributed by atoms with Gasteiger partial charge in [-0.25, -0.2) is 0 Å². The summed E-state index contributed by atoms with van der Waals surface area (Å²) in [7, 11) is 0. The van der Waals surface area contributed by atoms with Gasteiger partial charge in [0.05, 0.1) is 5.56 Å². The van der Waals surface area contributed by atoms with Crippen LogP contribution in [0.5, 0.6) is 5.75 Å². The van der Waals surface area contributed by atoms with Gasteiger partial charge in [-0.05, 0) is 42.7 Å². The van der Waals surface area contributed by atoms with Crippen LogP contribution in [0, 0.1) is 13.8 Å². The van der Waals surface area contributed by atoms with E-state index in [1.54, 1.807) is 18.2 Å². The number of aryl methyl sites for hydroxylation is 2. The van der Waals surface area contributed by atoms with Crippen LogP contribution >= 0.6 is 0 Å². The maximum absolute atomic E-state index is 9.80. The van der Waals surface area contributed by atoms with Crippen LogP contribution in [0.1, 0.15) is 22.5 Å². The van der Waals surface area contributed by atoms with E-state index < -0.39 is 0 Å². The first-order valence-electron chi connectivity index (χ1n) is 6.80. The third-order valence-electron chi connectivity index (χ3n) is 3.54. The summed E-state index contributed by atoms with van der Waals surface area (Å²) in [6.07, 6.45) is 0.609. The number of rotatable bonds is 3.